The Hall–Kier alpha value is -2.54. The van der Waals surface area contributed by atoms with Crippen LogP contribution in [0.25, 0.3) is 0 Å². The Bertz CT molecular complexity index is 1030. The molecule has 27 heavy (non-hydrogen) atoms. The van der Waals surface area contributed by atoms with Gasteiger partial charge in [-0.15, -0.1) is 0 Å². The normalized spacial score (nSPS) is 17.9. The van der Waals surface area contributed by atoms with Gasteiger partial charge < -0.3 is 10.1 Å². The molecule has 2 aromatic rings. The number of aryl methyl sites for hydroxylation is 1. The van der Waals surface area contributed by atoms with Gasteiger partial charge in [0.1, 0.15) is 5.75 Å². The quantitative estimate of drug-likeness (QED) is 0.880. The largest absolute Gasteiger partial charge is 0.495 e. The molecule has 0 bridgehead atoms. The lowest BCUT2D eigenvalue weighted by Crippen LogP contribution is -2.36. The summed E-state index contributed by atoms with van der Waals surface area (Å²) in [5.74, 6) is 0.422. The van der Waals surface area contributed by atoms with Crippen LogP contribution >= 0.6 is 0 Å². The van der Waals surface area contributed by atoms with Crippen molar-refractivity contribution in [1.82, 2.24) is 0 Å². The first-order valence-corrected chi connectivity index (χ1v) is 10.4. The van der Waals surface area contributed by atoms with Crippen molar-refractivity contribution in [1.29, 1.82) is 0 Å². The number of hydrogen-bond donors (Lipinski definition) is 1. The van der Waals surface area contributed by atoms with Crippen LogP contribution in [0.1, 0.15) is 31.4 Å². The molecule has 2 aliphatic rings. The molecule has 0 aliphatic carbocycles. The molecule has 0 atom stereocenters. The van der Waals surface area contributed by atoms with Crippen LogP contribution in [0.4, 0.5) is 11.4 Å². The molecule has 4 rings (SSSR count). The minimum absolute atomic E-state index is 0.128. The van der Waals surface area contributed by atoms with E-state index in [1.54, 1.807) is 45.2 Å². The highest BCUT2D eigenvalue weighted by Crippen LogP contribution is 2.42. The number of hydrogen-bond acceptors (Lipinski definition) is 4. The Morgan fingerprint density at radius 3 is 2.70 bits per heavy atom. The molecule has 1 amide bonds. The Morgan fingerprint density at radius 1 is 1.19 bits per heavy atom. The Morgan fingerprint density at radius 2 is 1.96 bits per heavy atom. The second kappa shape index (κ2) is 5.99. The third-order valence-electron chi connectivity index (χ3n) is 5.43. The maximum atomic E-state index is 13.5. The van der Waals surface area contributed by atoms with E-state index in [-0.39, 0.29) is 10.8 Å². The number of nitrogens with zero attached hydrogens (tertiary/aromatic N) is 1. The lowest BCUT2D eigenvalue weighted by Gasteiger charge is -2.32. The zero-order valence-electron chi connectivity index (χ0n) is 15.6. The highest BCUT2D eigenvalue weighted by atomic mass is 32.2. The molecule has 0 spiro atoms. The van der Waals surface area contributed by atoms with E-state index >= 15 is 0 Å². The average Bonchev–Trinajstić information content (AvgIpc) is 2.89. The number of carbonyl (C=O) groups is 1. The summed E-state index contributed by atoms with van der Waals surface area (Å²) in [5.41, 5.74) is 2.17. The van der Waals surface area contributed by atoms with Crippen molar-refractivity contribution in [2.45, 2.75) is 37.0 Å². The van der Waals surface area contributed by atoms with Crippen molar-refractivity contribution in [2.75, 3.05) is 23.3 Å². The molecule has 0 saturated carbocycles. The number of sulfonamides is 1. The summed E-state index contributed by atoms with van der Waals surface area (Å²) >= 11 is 0. The summed E-state index contributed by atoms with van der Waals surface area (Å²) < 4.78 is 33.8. The first kappa shape index (κ1) is 17.9. The smallest absolute Gasteiger partial charge is 0.264 e. The number of anilines is 2. The van der Waals surface area contributed by atoms with E-state index in [0.717, 1.165) is 18.4 Å². The molecule has 0 unspecified atom stereocenters. The zero-order chi connectivity index (χ0) is 19.4. The van der Waals surface area contributed by atoms with Crippen molar-refractivity contribution >= 4 is 27.3 Å². The fourth-order valence-electron chi connectivity index (χ4n) is 3.82. The first-order chi connectivity index (χ1) is 12.8. The molecule has 2 heterocycles. The predicted molar refractivity (Wildman–Crippen MR) is 104 cm³/mol. The van der Waals surface area contributed by atoms with Crippen molar-refractivity contribution in [3.8, 4) is 5.75 Å². The van der Waals surface area contributed by atoms with Gasteiger partial charge in [-0.1, -0.05) is 12.1 Å². The molecule has 0 radical (unpaired) electrons. The van der Waals surface area contributed by atoms with E-state index in [9.17, 15) is 13.2 Å². The molecule has 2 aromatic carbocycles. The van der Waals surface area contributed by atoms with E-state index in [2.05, 4.69) is 5.32 Å². The van der Waals surface area contributed by atoms with Gasteiger partial charge in [0, 0.05) is 12.2 Å². The summed E-state index contributed by atoms with van der Waals surface area (Å²) in [7, 11) is -2.24. The third kappa shape index (κ3) is 2.60. The molecule has 0 saturated heterocycles. The number of methoxy groups -OCH3 is 1. The van der Waals surface area contributed by atoms with E-state index in [1.165, 1.54) is 4.31 Å². The molecule has 7 heteroatoms. The van der Waals surface area contributed by atoms with Gasteiger partial charge in [-0.2, -0.15) is 0 Å². The maximum absolute atomic E-state index is 13.5. The van der Waals surface area contributed by atoms with Crippen LogP contribution in [0, 0.1) is 0 Å². The molecule has 6 nitrogen and oxygen atoms in total. The molecule has 2 aliphatic heterocycles. The number of carbonyl (C=O) groups excluding carboxylic acids is 1. The molecule has 0 fully saturated rings. The van der Waals surface area contributed by atoms with Gasteiger partial charge in [0.25, 0.3) is 10.0 Å². The number of benzene rings is 2. The third-order valence-corrected chi connectivity index (χ3v) is 7.22. The molecular weight excluding hydrogens is 364 g/mol. The van der Waals surface area contributed by atoms with E-state index in [0.29, 0.717) is 29.2 Å². The summed E-state index contributed by atoms with van der Waals surface area (Å²) in [6, 6.07) is 10.4. The fraction of sp³-hybridized carbons (Fsp3) is 0.350. The van der Waals surface area contributed by atoms with Crippen LogP contribution < -0.4 is 14.4 Å². The van der Waals surface area contributed by atoms with Gasteiger partial charge in [0.05, 0.1) is 23.1 Å². The Kier molecular flexibility index (Phi) is 3.96. The average molecular weight is 386 g/mol. The predicted octanol–water partition coefficient (Wildman–Crippen LogP) is 3.07. The van der Waals surface area contributed by atoms with Gasteiger partial charge in [0.15, 0.2) is 0 Å². The lowest BCUT2D eigenvalue weighted by atomic mass is 9.86. The van der Waals surface area contributed by atoms with Gasteiger partial charge in [-0.3, -0.25) is 9.10 Å². The van der Waals surface area contributed by atoms with Crippen molar-refractivity contribution < 1.29 is 17.9 Å². The van der Waals surface area contributed by atoms with E-state index in [1.807, 2.05) is 12.1 Å². The maximum Gasteiger partial charge on any atom is 0.264 e. The van der Waals surface area contributed by atoms with Crippen LogP contribution in [0.2, 0.25) is 0 Å². The van der Waals surface area contributed by atoms with Crippen LogP contribution in [0.15, 0.2) is 41.3 Å². The summed E-state index contributed by atoms with van der Waals surface area (Å²) in [5, 5.41) is 2.81. The Balaban J connectivity index is 1.84. The van der Waals surface area contributed by atoms with Crippen LogP contribution in [0.5, 0.6) is 5.75 Å². The summed E-state index contributed by atoms with van der Waals surface area (Å²) in [6.45, 7) is 3.99. The van der Waals surface area contributed by atoms with Gasteiger partial charge in [-0.25, -0.2) is 8.42 Å². The number of ether oxygens (including phenoxy) is 1. The zero-order valence-corrected chi connectivity index (χ0v) is 16.4. The lowest BCUT2D eigenvalue weighted by molar-refractivity contribution is -0.119. The second-order valence-corrected chi connectivity index (χ2v) is 9.30. The van der Waals surface area contributed by atoms with E-state index in [4.69, 9.17) is 4.74 Å². The van der Waals surface area contributed by atoms with Crippen molar-refractivity contribution in [3.63, 3.8) is 0 Å². The number of fused-ring (bicyclic) bond motifs is 2. The summed E-state index contributed by atoms with van der Waals surface area (Å²) in [4.78, 5) is 12.4. The monoisotopic (exact) mass is 386 g/mol. The molecular formula is C20H22N2O4S. The van der Waals surface area contributed by atoms with Crippen LogP contribution in [-0.2, 0) is 26.7 Å². The van der Waals surface area contributed by atoms with Crippen molar-refractivity contribution in [3.05, 3.63) is 47.5 Å². The summed E-state index contributed by atoms with van der Waals surface area (Å²) in [6.07, 6.45) is 1.56. The topological polar surface area (TPSA) is 75.7 Å². The highest BCUT2D eigenvalue weighted by Gasteiger charge is 2.40. The number of para-hydroxylation sites is 1. The van der Waals surface area contributed by atoms with Gasteiger partial charge >= 0.3 is 0 Å². The van der Waals surface area contributed by atoms with Crippen LogP contribution in [-0.4, -0.2) is 28.0 Å². The minimum Gasteiger partial charge on any atom is -0.495 e. The second-order valence-electron chi connectivity index (χ2n) is 7.44. The standard InChI is InChI=1S/C20H22N2O4S/c1-20(2)15-12-14(9-10-16(15)21-19(20)23)27(24,25)22-11-5-7-13-6-4-8-17(26-3)18(13)22/h4,6,8-10,12H,5,7,11H2,1-3H3,(H,21,23). The molecule has 1 N–H and O–H groups in total. The Labute approximate surface area is 159 Å². The van der Waals surface area contributed by atoms with Crippen LogP contribution in [0.3, 0.4) is 0 Å². The molecule has 0 aromatic heterocycles. The van der Waals surface area contributed by atoms with E-state index < -0.39 is 15.4 Å². The molecule has 142 valence electrons. The number of amides is 1. The fourth-order valence-corrected chi connectivity index (χ4v) is 5.40. The number of nitrogens with one attached hydrogen (secondary N) is 1. The number of rotatable bonds is 3. The van der Waals surface area contributed by atoms with Crippen molar-refractivity contribution in [2.24, 2.45) is 0 Å². The highest BCUT2D eigenvalue weighted by molar-refractivity contribution is 7.92. The first-order valence-electron chi connectivity index (χ1n) is 8.91. The SMILES string of the molecule is COc1cccc2c1N(S(=O)(=O)c1ccc3c(c1)C(C)(C)C(=O)N3)CCC2. The minimum atomic E-state index is -3.78. The van der Waals surface area contributed by atoms with Gasteiger partial charge in [-0.05, 0) is 62.1 Å². The van der Waals surface area contributed by atoms with Gasteiger partial charge in [0.2, 0.25) is 5.91 Å².